The van der Waals surface area contributed by atoms with E-state index in [0.717, 1.165) is 12.8 Å². The first-order valence-corrected chi connectivity index (χ1v) is 6.11. The van der Waals surface area contributed by atoms with Gasteiger partial charge in [-0.1, -0.05) is 13.8 Å². The normalized spacial score (nSPS) is 38.8. The van der Waals surface area contributed by atoms with Crippen molar-refractivity contribution in [2.24, 2.45) is 0 Å². The minimum atomic E-state index is -0.274. The van der Waals surface area contributed by atoms with Crippen molar-refractivity contribution >= 4 is 0 Å². The third kappa shape index (κ3) is 1.79. The number of rotatable bonds is 5. The summed E-state index contributed by atoms with van der Waals surface area (Å²) in [4.78, 5) is 0. The summed E-state index contributed by atoms with van der Waals surface area (Å²) in [5.41, 5.74) is -0.716. The Labute approximate surface area is 99.5 Å². The molecule has 2 unspecified atom stereocenters. The van der Waals surface area contributed by atoms with Gasteiger partial charge in [-0.3, -0.25) is 0 Å². The predicted octanol–water partition coefficient (Wildman–Crippen LogP) is 2.77. The van der Waals surface area contributed by atoms with Gasteiger partial charge in [0.2, 0.25) is 0 Å². The molecule has 1 rings (SSSR count). The summed E-state index contributed by atoms with van der Waals surface area (Å²) in [6.07, 6.45) is 1.85. The molecule has 2 atom stereocenters. The van der Waals surface area contributed by atoms with Gasteiger partial charge in [0, 0.05) is 14.2 Å². The average molecular weight is 230 g/mol. The maximum atomic E-state index is 6.09. The van der Waals surface area contributed by atoms with Crippen LogP contribution in [-0.4, -0.2) is 37.1 Å². The van der Waals surface area contributed by atoms with Crippen molar-refractivity contribution in [3.8, 4) is 0 Å². The van der Waals surface area contributed by atoms with Crippen LogP contribution in [0, 0.1) is 0 Å². The summed E-state index contributed by atoms with van der Waals surface area (Å²) >= 11 is 0. The Morgan fingerprint density at radius 3 is 1.50 bits per heavy atom. The fourth-order valence-corrected chi connectivity index (χ4v) is 2.87. The molecule has 1 fully saturated rings. The largest absolute Gasteiger partial charge is 0.372 e. The van der Waals surface area contributed by atoms with E-state index in [-0.39, 0.29) is 22.9 Å². The van der Waals surface area contributed by atoms with Crippen molar-refractivity contribution < 1.29 is 14.2 Å². The molecule has 3 nitrogen and oxygen atoms in total. The van der Waals surface area contributed by atoms with Crippen LogP contribution >= 0.6 is 0 Å². The quantitative estimate of drug-likeness (QED) is 0.727. The zero-order chi connectivity index (χ0) is 12.6. The summed E-state index contributed by atoms with van der Waals surface area (Å²) in [7, 11) is 3.50. The lowest BCUT2D eigenvalue weighted by molar-refractivity contribution is -0.0682. The molecule has 16 heavy (non-hydrogen) atoms. The van der Waals surface area contributed by atoms with E-state index < -0.39 is 0 Å². The Hall–Kier alpha value is -0.120. The molecule has 0 spiro atoms. The van der Waals surface area contributed by atoms with Crippen molar-refractivity contribution in [3.05, 3.63) is 0 Å². The van der Waals surface area contributed by atoms with Crippen LogP contribution in [0.5, 0.6) is 0 Å². The van der Waals surface area contributed by atoms with E-state index >= 15 is 0 Å². The number of ether oxygens (including phenoxy) is 3. The highest BCUT2D eigenvalue weighted by Crippen LogP contribution is 2.60. The van der Waals surface area contributed by atoms with E-state index in [0.29, 0.717) is 0 Å². The molecule has 1 aliphatic carbocycles. The molecule has 0 heterocycles. The molecule has 0 aromatic heterocycles. The highest BCUT2D eigenvalue weighted by molar-refractivity contribution is 5.29. The van der Waals surface area contributed by atoms with Crippen molar-refractivity contribution in [1.82, 2.24) is 0 Å². The van der Waals surface area contributed by atoms with E-state index in [1.165, 1.54) is 0 Å². The molecule has 1 aliphatic rings. The fraction of sp³-hybridized carbons (Fsp3) is 1.00. The first-order valence-electron chi connectivity index (χ1n) is 6.11. The monoisotopic (exact) mass is 230 g/mol. The Bertz CT molecular complexity index is 216. The van der Waals surface area contributed by atoms with Gasteiger partial charge in [0.15, 0.2) is 0 Å². The van der Waals surface area contributed by atoms with E-state index in [9.17, 15) is 0 Å². The molecular weight excluding hydrogens is 204 g/mol. The Kier molecular flexibility index (Phi) is 3.73. The van der Waals surface area contributed by atoms with Gasteiger partial charge in [0.05, 0.1) is 5.60 Å². The van der Waals surface area contributed by atoms with Crippen molar-refractivity contribution in [2.45, 2.75) is 70.4 Å². The number of hydrogen-bond acceptors (Lipinski definition) is 3. The molecule has 1 saturated carbocycles. The minimum Gasteiger partial charge on any atom is -0.372 e. The lowest BCUT2D eigenvalue weighted by atomic mass is 10.1. The van der Waals surface area contributed by atoms with E-state index in [2.05, 4.69) is 34.6 Å². The molecule has 0 bridgehead atoms. The molecule has 0 aromatic carbocycles. The maximum absolute atomic E-state index is 6.09. The van der Waals surface area contributed by atoms with E-state index in [4.69, 9.17) is 14.2 Å². The van der Waals surface area contributed by atoms with Crippen molar-refractivity contribution in [1.29, 1.82) is 0 Å². The van der Waals surface area contributed by atoms with Gasteiger partial charge in [-0.05, 0) is 33.6 Å². The van der Waals surface area contributed by atoms with Gasteiger partial charge in [-0.15, -0.1) is 0 Å². The van der Waals surface area contributed by atoms with Crippen molar-refractivity contribution in [3.63, 3.8) is 0 Å². The van der Waals surface area contributed by atoms with Gasteiger partial charge < -0.3 is 14.2 Å². The smallest absolute Gasteiger partial charge is 0.128 e. The lowest BCUT2D eigenvalue weighted by Gasteiger charge is -2.21. The average Bonchev–Trinajstić information content (AvgIpc) is 2.77. The van der Waals surface area contributed by atoms with Crippen LogP contribution in [-0.2, 0) is 14.2 Å². The lowest BCUT2D eigenvalue weighted by Crippen LogP contribution is -2.28. The van der Waals surface area contributed by atoms with Gasteiger partial charge in [-0.25, -0.2) is 0 Å². The van der Waals surface area contributed by atoms with Crippen LogP contribution in [0.15, 0.2) is 0 Å². The maximum Gasteiger partial charge on any atom is 0.128 e. The first-order chi connectivity index (χ1) is 7.33. The standard InChI is InChI=1S/C13H26O3/c1-8-12(14-6)10(16-11(3,4)5)13(12,9-2)15-7/h10H,8-9H2,1-7H3. The first kappa shape index (κ1) is 13.9. The molecule has 0 radical (unpaired) electrons. The Balaban J connectivity index is 2.92. The molecule has 0 amide bonds. The zero-order valence-corrected chi connectivity index (χ0v) is 11.7. The molecule has 0 aliphatic heterocycles. The summed E-state index contributed by atoms with van der Waals surface area (Å²) < 4.78 is 17.5. The Morgan fingerprint density at radius 1 is 0.938 bits per heavy atom. The predicted molar refractivity (Wildman–Crippen MR) is 64.7 cm³/mol. The highest BCUT2D eigenvalue weighted by atomic mass is 16.6. The van der Waals surface area contributed by atoms with Crippen LogP contribution < -0.4 is 0 Å². The summed E-state index contributed by atoms with van der Waals surface area (Å²) in [6.45, 7) is 10.4. The van der Waals surface area contributed by atoms with Crippen LogP contribution in [0.4, 0.5) is 0 Å². The van der Waals surface area contributed by atoms with Crippen LogP contribution in [0.1, 0.15) is 47.5 Å². The number of methoxy groups -OCH3 is 2. The Morgan fingerprint density at radius 2 is 1.31 bits per heavy atom. The second-order valence-corrected chi connectivity index (χ2v) is 5.50. The molecule has 3 heteroatoms. The third-order valence-electron chi connectivity index (χ3n) is 3.73. The summed E-state index contributed by atoms with van der Waals surface area (Å²) in [6, 6.07) is 0. The second kappa shape index (κ2) is 4.28. The fourth-order valence-electron chi connectivity index (χ4n) is 2.87. The van der Waals surface area contributed by atoms with Crippen LogP contribution in [0.2, 0.25) is 0 Å². The second-order valence-electron chi connectivity index (χ2n) is 5.50. The molecule has 96 valence electrons. The highest BCUT2D eigenvalue weighted by Gasteiger charge is 2.78. The van der Waals surface area contributed by atoms with Crippen LogP contribution in [0.25, 0.3) is 0 Å². The number of hydrogen-bond donors (Lipinski definition) is 0. The van der Waals surface area contributed by atoms with E-state index in [1.807, 2.05) is 0 Å². The van der Waals surface area contributed by atoms with Crippen molar-refractivity contribution in [2.75, 3.05) is 14.2 Å². The third-order valence-corrected chi connectivity index (χ3v) is 3.73. The van der Waals surface area contributed by atoms with Gasteiger partial charge >= 0.3 is 0 Å². The summed E-state index contributed by atoms with van der Waals surface area (Å²) in [5, 5.41) is 0. The minimum absolute atomic E-state index is 0.0324. The van der Waals surface area contributed by atoms with Gasteiger partial charge in [0.25, 0.3) is 0 Å². The molecule has 0 N–H and O–H groups in total. The molecular formula is C13H26O3. The van der Waals surface area contributed by atoms with Crippen LogP contribution in [0.3, 0.4) is 0 Å². The van der Waals surface area contributed by atoms with Gasteiger partial charge in [-0.2, -0.15) is 0 Å². The topological polar surface area (TPSA) is 27.7 Å². The van der Waals surface area contributed by atoms with Gasteiger partial charge in [0.1, 0.15) is 17.3 Å². The summed E-state index contributed by atoms with van der Waals surface area (Å²) in [5.74, 6) is 0. The molecule has 0 aromatic rings. The zero-order valence-electron chi connectivity index (χ0n) is 11.7. The van der Waals surface area contributed by atoms with E-state index in [1.54, 1.807) is 14.2 Å². The molecule has 0 saturated heterocycles. The SMILES string of the molecule is CCC1(OC)C(OC(C)(C)C)C1(CC)OC.